The van der Waals surface area contributed by atoms with E-state index in [9.17, 15) is 18.1 Å². The summed E-state index contributed by atoms with van der Waals surface area (Å²) in [6.07, 6.45) is 6.58. The van der Waals surface area contributed by atoms with Gasteiger partial charge in [-0.1, -0.05) is 52.4 Å². The van der Waals surface area contributed by atoms with E-state index in [-0.39, 0.29) is 64.2 Å². The first kappa shape index (κ1) is 21.8. The van der Waals surface area contributed by atoms with Crippen LogP contribution in [0.1, 0.15) is 71.6 Å². The van der Waals surface area contributed by atoms with Crippen molar-refractivity contribution in [2.24, 2.45) is 0 Å². The first-order valence-corrected chi connectivity index (χ1v) is 7.96. The summed E-state index contributed by atoms with van der Waals surface area (Å²) in [7, 11) is -4.62. The molecule has 18 heavy (non-hydrogen) atoms. The van der Waals surface area contributed by atoms with Crippen molar-refractivity contribution in [3.8, 4) is 0 Å². The fourth-order valence-electron chi connectivity index (χ4n) is 1.95. The number of unbranched alkanes of at least 4 members (excludes halogenated alkanes) is 5. The van der Waals surface area contributed by atoms with Crippen molar-refractivity contribution in [1.82, 2.24) is 0 Å². The van der Waals surface area contributed by atoms with Crippen molar-refractivity contribution in [1.29, 1.82) is 0 Å². The summed E-state index contributed by atoms with van der Waals surface area (Å²) >= 11 is 0. The largest absolute Gasteiger partial charge is 1.00 e. The summed E-state index contributed by atoms with van der Waals surface area (Å²) in [6.45, 7) is 3.89. The molecule has 0 aromatic heterocycles. The minimum Gasteiger partial charge on any atom is -0.746 e. The van der Waals surface area contributed by atoms with Crippen LogP contribution in [0.25, 0.3) is 0 Å². The van der Waals surface area contributed by atoms with Crippen LogP contribution in [0.15, 0.2) is 0 Å². The molecular weight excluding hydrogens is 279 g/mol. The molecule has 0 aromatic rings. The molecule has 0 aliphatic heterocycles. The summed E-state index contributed by atoms with van der Waals surface area (Å²) < 4.78 is 33.0. The van der Waals surface area contributed by atoms with Gasteiger partial charge in [0.15, 0.2) is 4.93 Å². The van der Waals surface area contributed by atoms with Crippen LogP contribution < -0.4 is 51.4 Å². The van der Waals surface area contributed by atoms with E-state index in [1.54, 1.807) is 6.92 Å². The maximum Gasteiger partial charge on any atom is 1.00 e. The second-order valence-corrected chi connectivity index (χ2v) is 6.34. The minimum absolute atomic E-state index is 0. The van der Waals surface area contributed by atoms with Gasteiger partial charge >= 0.3 is 51.4 Å². The standard InChI is InChI=1S/C12H26O4S.K/c1-3-5-6-7-8-9-11-12(13,10-4-2)17(14,15)16;/h13H,3-11H2,1-2H3,(H,14,15,16);/q;+1/p-1. The molecule has 0 spiro atoms. The monoisotopic (exact) mass is 304 g/mol. The fourth-order valence-corrected chi connectivity index (χ4v) is 2.80. The molecule has 104 valence electrons. The van der Waals surface area contributed by atoms with Crippen LogP contribution in [0.3, 0.4) is 0 Å². The second-order valence-electron chi connectivity index (χ2n) is 4.67. The van der Waals surface area contributed by atoms with Crippen molar-refractivity contribution in [3.05, 3.63) is 0 Å². The van der Waals surface area contributed by atoms with E-state index in [1.807, 2.05) is 0 Å². The molecule has 0 amide bonds. The molecule has 6 heteroatoms. The molecule has 0 aliphatic rings. The zero-order valence-corrected chi connectivity index (χ0v) is 15.9. The van der Waals surface area contributed by atoms with Crippen LogP contribution in [0.4, 0.5) is 0 Å². The Balaban J connectivity index is 0. The Morgan fingerprint density at radius 1 is 0.944 bits per heavy atom. The van der Waals surface area contributed by atoms with Crippen molar-refractivity contribution < 1.29 is 69.5 Å². The Morgan fingerprint density at radius 3 is 1.89 bits per heavy atom. The van der Waals surface area contributed by atoms with E-state index in [1.165, 1.54) is 6.42 Å². The molecule has 0 radical (unpaired) electrons. The van der Waals surface area contributed by atoms with E-state index < -0.39 is 15.1 Å². The Morgan fingerprint density at radius 2 is 1.44 bits per heavy atom. The quantitative estimate of drug-likeness (QED) is 0.344. The molecule has 0 aromatic carbocycles. The average molecular weight is 304 g/mol. The Hall–Kier alpha value is 1.51. The van der Waals surface area contributed by atoms with E-state index in [4.69, 9.17) is 0 Å². The summed E-state index contributed by atoms with van der Waals surface area (Å²) in [5.41, 5.74) is 0. The second kappa shape index (κ2) is 11.2. The number of hydrogen-bond donors (Lipinski definition) is 1. The van der Waals surface area contributed by atoms with Crippen LogP contribution in [0.5, 0.6) is 0 Å². The Labute approximate surface area is 154 Å². The molecule has 0 bridgehead atoms. The molecule has 1 N–H and O–H groups in total. The van der Waals surface area contributed by atoms with Gasteiger partial charge in [-0.2, -0.15) is 0 Å². The third-order valence-corrected chi connectivity index (χ3v) is 4.37. The van der Waals surface area contributed by atoms with Gasteiger partial charge in [0.1, 0.15) is 10.1 Å². The molecule has 4 nitrogen and oxygen atoms in total. The normalized spacial score (nSPS) is 14.9. The van der Waals surface area contributed by atoms with Crippen LogP contribution in [0.2, 0.25) is 0 Å². The summed E-state index contributed by atoms with van der Waals surface area (Å²) in [5.74, 6) is 0. The van der Waals surface area contributed by atoms with Gasteiger partial charge in [0.25, 0.3) is 0 Å². The zero-order valence-electron chi connectivity index (χ0n) is 11.9. The van der Waals surface area contributed by atoms with Crippen molar-refractivity contribution in [2.75, 3.05) is 0 Å². The molecule has 1 atom stereocenters. The molecule has 0 saturated carbocycles. The van der Waals surface area contributed by atoms with Gasteiger partial charge in [0.05, 0.1) is 0 Å². The smallest absolute Gasteiger partial charge is 0.746 e. The van der Waals surface area contributed by atoms with Gasteiger partial charge in [0.2, 0.25) is 0 Å². The van der Waals surface area contributed by atoms with Crippen LogP contribution in [-0.4, -0.2) is 23.0 Å². The van der Waals surface area contributed by atoms with Gasteiger partial charge in [-0.25, -0.2) is 8.42 Å². The molecule has 1 unspecified atom stereocenters. The predicted octanol–water partition coefficient (Wildman–Crippen LogP) is -0.225. The van der Waals surface area contributed by atoms with Gasteiger partial charge in [-0.05, 0) is 19.3 Å². The average Bonchev–Trinajstić information content (AvgIpc) is 2.22. The molecule has 0 aliphatic carbocycles. The van der Waals surface area contributed by atoms with Crippen LogP contribution in [-0.2, 0) is 10.1 Å². The SMILES string of the molecule is CCCCCCCCC(O)(CCC)S(=O)(=O)[O-].[K+]. The van der Waals surface area contributed by atoms with Gasteiger partial charge < -0.3 is 9.66 Å². The molecule has 0 rings (SSSR count). The molecular formula is C12H25KO4S. The molecule has 0 fully saturated rings. The summed E-state index contributed by atoms with van der Waals surface area (Å²) in [5, 5.41) is 9.85. The first-order chi connectivity index (χ1) is 7.87. The van der Waals surface area contributed by atoms with Gasteiger partial charge in [0, 0.05) is 0 Å². The molecule has 0 heterocycles. The predicted molar refractivity (Wildman–Crippen MR) is 67.5 cm³/mol. The van der Waals surface area contributed by atoms with E-state index >= 15 is 0 Å². The van der Waals surface area contributed by atoms with E-state index in [0.29, 0.717) is 12.8 Å². The third-order valence-electron chi connectivity index (χ3n) is 3.03. The number of aliphatic hydroxyl groups is 1. The van der Waals surface area contributed by atoms with Gasteiger partial charge in [-0.3, -0.25) is 0 Å². The maximum absolute atomic E-state index is 11.0. The van der Waals surface area contributed by atoms with Crippen LogP contribution >= 0.6 is 0 Å². The van der Waals surface area contributed by atoms with Crippen molar-refractivity contribution >= 4 is 10.1 Å². The topological polar surface area (TPSA) is 77.4 Å². The van der Waals surface area contributed by atoms with E-state index in [0.717, 1.165) is 25.7 Å². The fraction of sp³-hybridized carbons (Fsp3) is 1.00. The van der Waals surface area contributed by atoms with Crippen LogP contribution in [0, 0.1) is 0 Å². The van der Waals surface area contributed by atoms with Crippen molar-refractivity contribution in [3.63, 3.8) is 0 Å². The van der Waals surface area contributed by atoms with Gasteiger partial charge in [-0.15, -0.1) is 0 Å². The van der Waals surface area contributed by atoms with Crippen molar-refractivity contribution in [2.45, 2.75) is 76.6 Å². The third kappa shape index (κ3) is 8.63. The zero-order chi connectivity index (χ0) is 13.4. The van der Waals surface area contributed by atoms with E-state index in [2.05, 4.69) is 6.92 Å². The summed E-state index contributed by atoms with van der Waals surface area (Å²) in [6, 6.07) is 0. The Kier molecular flexibility index (Phi) is 13.6. The molecule has 0 saturated heterocycles. The summed E-state index contributed by atoms with van der Waals surface area (Å²) in [4.78, 5) is -2.05. The Bertz CT molecular complexity index is 292. The first-order valence-electron chi connectivity index (χ1n) is 6.55. The maximum atomic E-state index is 11.0. The number of rotatable bonds is 10. The minimum atomic E-state index is -4.62. The number of hydrogen-bond acceptors (Lipinski definition) is 4.